The van der Waals surface area contributed by atoms with Gasteiger partial charge in [0.15, 0.2) is 0 Å². The van der Waals surface area contributed by atoms with Crippen molar-refractivity contribution in [3.8, 4) is 0 Å². The number of rotatable bonds is 2. The standard InChI is InChI=1S/C12H19N3O2/c1-14(2)9-7-12(17)15(13-8-9)10-5-3-4-6-11(10)16/h7-8,10-11,16H,3-6H2,1-2H3. The van der Waals surface area contributed by atoms with Crippen LogP contribution in [0.3, 0.4) is 0 Å². The largest absolute Gasteiger partial charge is 0.391 e. The molecule has 0 saturated heterocycles. The van der Waals surface area contributed by atoms with Crippen molar-refractivity contribution < 1.29 is 5.11 Å². The van der Waals surface area contributed by atoms with Crippen LogP contribution in [0.4, 0.5) is 5.69 Å². The molecule has 2 unspecified atom stereocenters. The lowest BCUT2D eigenvalue weighted by Gasteiger charge is -2.28. The van der Waals surface area contributed by atoms with Gasteiger partial charge in [-0.1, -0.05) is 12.8 Å². The van der Waals surface area contributed by atoms with Gasteiger partial charge in [0, 0.05) is 20.2 Å². The fraction of sp³-hybridized carbons (Fsp3) is 0.667. The first-order chi connectivity index (χ1) is 8.09. The van der Waals surface area contributed by atoms with E-state index in [4.69, 9.17) is 0 Å². The highest BCUT2D eigenvalue weighted by Crippen LogP contribution is 2.26. The molecule has 2 atom stereocenters. The molecule has 1 heterocycles. The summed E-state index contributed by atoms with van der Waals surface area (Å²) in [5.74, 6) is 0. The van der Waals surface area contributed by atoms with E-state index in [1.165, 1.54) is 4.68 Å². The van der Waals surface area contributed by atoms with E-state index in [1.807, 2.05) is 19.0 Å². The molecule has 0 aliphatic heterocycles. The van der Waals surface area contributed by atoms with Crippen LogP contribution >= 0.6 is 0 Å². The van der Waals surface area contributed by atoms with Crippen LogP contribution in [0.2, 0.25) is 0 Å². The van der Waals surface area contributed by atoms with Gasteiger partial charge in [-0.15, -0.1) is 0 Å². The Bertz CT molecular complexity index is 442. The lowest BCUT2D eigenvalue weighted by Crippen LogP contribution is -2.36. The van der Waals surface area contributed by atoms with E-state index in [1.54, 1.807) is 12.3 Å². The summed E-state index contributed by atoms with van der Waals surface area (Å²) in [6.45, 7) is 0. The highest BCUT2D eigenvalue weighted by molar-refractivity contribution is 5.40. The third-order valence-corrected chi connectivity index (χ3v) is 3.34. The molecular weight excluding hydrogens is 218 g/mol. The number of aromatic nitrogens is 2. The maximum Gasteiger partial charge on any atom is 0.269 e. The monoisotopic (exact) mass is 237 g/mol. The molecule has 5 heteroatoms. The highest BCUT2D eigenvalue weighted by atomic mass is 16.3. The van der Waals surface area contributed by atoms with Gasteiger partial charge < -0.3 is 10.0 Å². The molecule has 1 aromatic heterocycles. The zero-order chi connectivity index (χ0) is 12.4. The number of nitrogens with zero attached hydrogens (tertiary/aromatic N) is 3. The van der Waals surface area contributed by atoms with Gasteiger partial charge in [0.2, 0.25) is 0 Å². The van der Waals surface area contributed by atoms with Crippen molar-refractivity contribution in [1.29, 1.82) is 0 Å². The Hall–Kier alpha value is -1.36. The fourth-order valence-electron chi connectivity index (χ4n) is 2.28. The first kappa shape index (κ1) is 12.1. The zero-order valence-corrected chi connectivity index (χ0v) is 10.3. The minimum atomic E-state index is -0.445. The quantitative estimate of drug-likeness (QED) is 0.826. The van der Waals surface area contributed by atoms with Crippen LogP contribution < -0.4 is 10.5 Å². The summed E-state index contributed by atoms with van der Waals surface area (Å²) < 4.78 is 1.43. The highest BCUT2D eigenvalue weighted by Gasteiger charge is 2.26. The van der Waals surface area contributed by atoms with Crippen LogP contribution in [0.25, 0.3) is 0 Å². The van der Waals surface area contributed by atoms with Crippen LogP contribution in [0.15, 0.2) is 17.1 Å². The lowest BCUT2D eigenvalue weighted by molar-refractivity contribution is 0.0669. The third kappa shape index (κ3) is 2.49. The molecule has 2 rings (SSSR count). The molecular formula is C12H19N3O2. The number of aliphatic hydroxyl groups is 1. The molecule has 1 saturated carbocycles. The molecule has 5 nitrogen and oxygen atoms in total. The van der Waals surface area contributed by atoms with Crippen LogP contribution in [0, 0.1) is 0 Å². The first-order valence-electron chi connectivity index (χ1n) is 6.04. The van der Waals surface area contributed by atoms with Gasteiger partial charge in [0.1, 0.15) is 0 Å². The Labute approximate surface area is 101 Å². The number of hydrogen-bond donors (Lipinski definition) is 1. The smallest absolute Gasteiger partial charge is 0.269 e. The van der Waals surface area contributed by atoms with E-state index < -0.39 is 6.10 Å². The average Bonchev–Trinajstić information content (AvgIpc) is 2.30. The minimum absolute atomic E-state index is 0.137. The summed E-state index contributed by atoms with van der Waals surface area (Å²) in [6, 6.07) is 1.40. The van der Waals surface area contributed by atoms with Gasteiger partial charge in [-0.25, -0.2) is 4.68 Å². The fourth-order valence-corrected chi connectivity index (χ4v) is 2.28. The van der Waals surface area contributed by atoms with Crippen LogP contribution in [0.5, 0.6) is 0 Å². The predicted octanol–water partition coefficient (Wildman–Crippen LogP) is 0.785. The van der Waals surface area contributed by atoms with E-state index in [0.29, 0.717) is 0 Å². The number of hydrogen-bond acceptors (Lipinski definition) is 4. The Morgan fingerprint density at radius 1 is 1.41 bits per heavy atom. The van der Waals surface area contributed by atoms with E-state index in [2.05, 4.69) is 5.10 Å². The first-order valence-corrected chi connectivity index (χ1v) is 6.04. The van der Waals surface area contributed by atoms with Gasteiger partial charge in [-0.3, -0.25) is 4.79 Å². The SMILES string of the molecule is CN(C)c1cnn(C2CCCCC2O)c(=O)c1. The van der Waals surface area contributed by atoms with Crippen molar-refractivity contribution in [1.82, 2.24) is 9.78 Å². The van der Waals surface area contributed by atoms with E-state index in [0.717, 1.165) is 31.4 Å². The summed E-state index contributed by atoms with van der Waals surface area (Å²) in [7, 11) is 3.74. The van der Waals surface area contributed by atoms with Crippen molar-refractivity contribution >= 4 is 5.69 Å². The lowest BCUT2D eigenvalue weighted by atomic mass is 9.93. The molecule has 94 valence electrons. The Kier molecular flexibility index (Phi) is 3.47. The van der Waals surface area contributed by atoms with Gasteiger partial charge in [-0.05, 0) is 12.8 Å². The molecule has 0 aromatic carbocycles. The average molecular weight is 237 g/mol. The third-order valence-electron chi connectivity index (χ3n) is 3.34. The van der Waals surface area contributed by atoms with Gasteiger partial charge in [0.05, 0.1) is 24.0 Å². The van der Waals surface area contributed by atoms with Crippen LogP contribution in [0.1, 0.15) is 31.7 Å². The summed E-state index contributed by atoms with van der Waals surface area (Å²) in [5.41, 5.74) is 0.652. The van der Waals surface area contributed by atoms with Gasteiger partial charge in [0.25, 0.3) is 5.56 Å². The molecule has 17 heavy (non-hydrogen) atoms. The van der Waals surface area contributed by atoms with Crippen molar-refractivity contribution in [2.24, 2.45) is 0 Å². The Morgan fingerprint density at radius 3 is 2.71 bits per heavy atom. The Morgan fingerprint density at radius 2 is 2.12 bits per heavy atom. The normalized spacial score (nSPS) is 24.6. The van der Waals surface area contributed by atoms with Crippen molar-refractivity contribution in [2.45, 2.75) is 37.8 Å². The van der Waals surface area contributed by atoms with Gasteiger partial charge >= 0.3 is 0 Å². The van der Waals surface area contributed by atoms with Crippen molar-refractivity contribution in [3.63, 3.8) is 0 Å². The Balaban J connectivity index is 2.29. The summed E-state index contributed by atoms with van der Waals surface area (Å²) in [5, 5.41) is 14.1. The van der Waals surface area contributed by atoms with Crippen LogP contribution in [-0.4, -0.2) is 35.1 Å². The summed E-state index contributed by atoms with van der Waals surface area (Å²) in [6.07, 6.45) is 4.89. The molecule has 0 amide bonds. The molecule has 0 bridgehead atoms. The number of anilines is 1. The molecule has 1 fully saturated rings. The number of aliphatic hydroxyl groups excluding tert-OH is 1. The molecule has 0 spiro atoms. The maximum atomic E-state index is 12.0. The topological polar surface area (TPSA) is 58.4 Å². The second kappa shape index (κ2) is 4.87. The van der Waals surface area contributed by atoms with E-state index >= 15 is 0 Å². The molecule has 1 aromatic rings. The predicted molar refractivity (Wildman–Crippen MR) is 66.3 cm³/mol. The van der Waals surface area contributed by atoms with Gasteiger partial charge in [-0.2, -0.15) is 5.10 Å². The second-order valence-electron chi connectivity index (χ2n) is 4.81. The maximum absolute atomic E-state index is 12.0. The van der Waals surface area contributed by atoms with Crippen LogP contribution in [-0.2, 0) is 0 Å². The zero-order valence-electron chi connectivity index (χ0n) is 10.3. The summed E-state index contributed by atoms with van der Waals surface area (Å²) >= 11 is 0. The van der Waals surface area contributed by atoms with Crippen molar-refractivity contribution in [2.75, 3.05) is 19.0 Å². The van der Waals surface area contributed by atoms with E-state index in [-0.39, 0.29) is 11.6 Å². The molecule has 1 N–H and O–H groups in total. The van der Waals surface area contributed by atoms with E-state index in [9.17, 15) is 9.90 Å². The van der Waals surface area contributed by atoms with Crippen molar-refractivity contribution in [3.05, 3.63) is 22.6 Å². The minimum Gasteiger partial charge on any atom is -0.391 e. The summed E-state index contributed by atoms with van der Waals surface area (Å²) in [4.78, 5) is 13.8. The molecule has 1 aliphatic rings. The molecule has 1 aliphatic carbocycles. The molecule has 0 radical (unpaired) electrons. The second-order valence-corrected chi connectivity index (χ2v) is 4.81.